The zero-order valence-electron chi connectivity index (χ0n) is 15.0. The first-order valence-corrected chi connectivity index (χ1v) is 8.65. The number of hydrogen-bond donors (Lipinski definition) is 1. The van der Waals surface area contributed by atoms with E-state index in [9.17, 15) is 4.79 Å². The van der Waals surface area contributed by atoms with Crippen molar-refractivity contribution in [2.45, 2.75) is 25.4 Å². The summed E-state index contributed by atoms with van der Waals surface area (Å²) in [4.78, 5) is 12.7. The van der Waals surface area contributed by atoms with E-state index in [-0.39, 0.29) is 18.0 Å². The van der Waals surface area contributed by atoms with Gasteiger partial charge >= 0.3 is 0 Å². The van der Waals surface area contributed by atoms with Crippen LogP contribution in [-0.4, -0.2) is 22.8 Å². The third kappa shape index (κ3) is 4.11. The van der Waals surface area contributed by atoms with Crippen molar-refractivity contribution in [2.24, 2.45) is 0 Å². The van der Waals surface area contributed by atoms with Crippen molar-refractivity contribution in [3.05, 3.63) is 84.2 Å². The van der Waals surface area contributed by atoms with Crippen LogP contribution in [0.2, 0.25) is 0 Å². The van der Waals surface area contributed by atoms with Crippen LogP contribution in [0.5, 0.6) is 5.75 Å². The van der Waals surface area contributed by atoms with Gasteiger partial charge in [-0.1, -0.05) is 48.5 Å². The molecular weight excluding hydrogens is 326 g/mol. The zero-order valence-corrected chi connectivity index (χ0v) is 15.0. The molecule has 0 saturated carbocycles. The molecule has 1 aromatic heterocycles. The number of carbonyl (C=O) groups is 1. The number of amides is 1. The molecule has 0 aliphatic heterocycles. The second-order valence-electron chi connectivity index (χ2n) is 6.19. The fraction of sp³-hybridized carbons (Fsp3) is 0.238. The maximum atomic E-state index is 12.7. The Morgan fingerprint density at radius 2 is 1.85 bits per heavy atom. The number of para-hydroxylation sites is 1. The number of benzene rings is 2. The maximum Gasteiger partial charge on any atom is 0.222 e. The number of nitrogens with zero attached hydrogens (tertiary/aromatic N) is 2. The molecule has 0 aliphatic carbocycles. The van der Waals surface area contributed by atoms with E-state index in [4.69, 9.17) is 4.74 Å². The lowest BCUT2D eigenvalue weighted by atomic mass is 9.97. The van der Waals surface area contributed by atoms with E-state index in [2.05, 4.69) is 10.4 Å². The van der Waals surface area contributed by atoms with Crippen LogP contribution in [0.1, 0.15) is 36.6 Å². The van der Waals surface area contributed by atoms with Crippen molar-refractivity contribution < 1.29 is 9.53 Å². The fourth-order valence-electron chi connectivity index (χ4n) is 3.01. The second kappa shape index (κ2) is 8.34. The minimum atomic E-state index is -0.273. The SMILES string of the molecule is COc1ccccc1C(NC(=O)CC(C)n1cccn1)c1ccccc1. The van der Waals surface area contributed by atoms with Gasteiger partial charge in [-0.05, 0) is 24.6 Å². The lowest BCUT2D eigenvalue weighted by Gasteiger charge is -2.23. The van der Waals surface area contributed by atoms with E-state index in [1.54, 1.807) is 18.0 Å². The van der Waals surface area contributed by atoms with Gasteiger partial charge in [-0.25, -0.2) is 0 Å². The Morgan fingerprint density at radius 3 is 2.54 bits per heavy atom. The molecule has 1 amide bonds. The summed E-state index contributed by atoms with van der Waals surface area (Å²) in [5.74, 6) is 0.717. The highest BCUT2D eigenvalue weighted by atomic mass is 16.5. The van der Waals surface area contributed by atoms with Crippen LogP contribution in [0, 0.1) is 0 Å². The number of rotatable bonds is 7. The molecule has 0 saturated heterocycles. The van der Waals surface area contributed by atoms with Crippen molar-refractivity contribution in [3.63, 3.8) is 0 Å². The quantitative estimate of drug-likeness (QED) is 0.707. The van der Waals surface area contributed by atoms with Crippen molar-refractivity contribution in [1.29, 1.82) is 0 Å². The molecule has 0 bridgehead atoms. The van der Waals surface area contributed by atoms with E-state index in [1.807, 2.05) is 73.8 Å². The van der Waals surface area contributed by atoms with Crippen molar-refractivity contribution in [3.8, 4) is 5.75 Å². The summed E-state index contributed by atoms with van der Waals surface area (Å²) in [5.41, 5.74) is 1.94. The number of carbonyl (C=O) groups excluding carboxylic acids is 1. The van der Waals surface area contributed by atoms with Gasteiger partial charge in [-0.2, -0.15) is 5.10 Å². The summed E-state index contributed by atoms with van der Waals surface area (Å²) in [6.45, 7) is 1.98. The van der Waals surface area contributed by atoms with Gasteiger partial charge in [0, 0.05) is 24.4 Å². The Morgan fingerprint density at radius 1 is 1.12 bits per heavy atom. The zero-order chi connectivity index (χ0) is 18.4. The average molecular weight is 349 g/mol. The van der Waals surface area contributed by atoms with Crippen molar-refractivity contribution in [1.82, 2.24) is 15.1 Å². The van der Waals surface area contributed by atoms with Crippen LogP contribution in [-0.2, 0) is 4.79 Å². The molecule has 0 radical (unpaired) electrons. The van der Waals surface area contributed by atoms with Gasteiger partial charge in [0.1, 0.15) is 5.75 Å². The number of nitrogens with one attached hydrogen (secondary N) is 1. The second-order valence-corrected chi connectivity index (χ2v) is 6.19. The number of ether oxygens (including phenoxy) is 1. The highest BCUT2D eigenvalue weighted by Gasteiger charge is 2.21. The largest absolute Gasteiger partial charge is 0.496 e. The Balaban J connectivity index is 1.83. The first-order chi connectivity index (χ1) is 12.7. The van der Waals surface area contributed by atoms with E-state index in [0.29, 0.717) is 6.42 Å². The third-order valence-corrected chi connectivity index (χ3v) is 4.35. The summed E-state index contributed by atoms with van der Waals surface area (Å²) < 4.78 is 7.30. The van der Waals surface area contributed by atoms with Gasteiger partial charge in [0.05, 0.1) is 19.2 Å². The predicted molar refractivity (Wildman–Crippen MR) is 101 cm³/mol. The summed E-state index contributed by atoms with van der Waals surface area (Å²) in [5, 5.41) is 7.37. The summed E-state index contributed by atoms with van der Waals surface area (Å²) in [6.07, 6.45) is 3.93. The van der Waals surface area contributed by atoms with Gasteiger partial charge < -0.3 is 10.1 Å². The molecule has 0 fully saturated rings. The molecule has 134 valence electrons. The molecule has 5 nitrogen and oxygen atoms in total. The van der Waals surface area contributed by atoms with E-state index in [0.717, 1.165) is 16.9 Å². The molecule has 1 N–H and O–H groups in total. The molecule has 0 aliphatic rings. The number of methoxy groups -OCH3 is 1. The van der Waals surface area contributed by atoms with Crippen LogP contribution in [0.25, 0.3) is 0 Å². The van der Waals surface area contributed by atoms with Crippen molar-refractivity contribution >= 4 is 5.91 Å². The number of hydrogen-bond acceptors (Lipinski definition) is 3. The first kappa shape index (κ1) is 17.7. The predicted octanol–water partition coefficient (Wildman–Crippen LogP) is 3.75. The Labute approximate surface area is 153 Å². The van der Waals surface area contributed by atoms with Crippen molar-refractivity contribution in [2.75, 3.05) is 7.11 Å². The van der Waals surface area contributed by atoms with Gasteiger partial charge in [0.25, 0.3) is 0 Å². The average Bonchev–Trinajstić information content (AvgIpc) is 3.22. The Kier molecular flexibility index (Phi) is 5.69. The molecule has 2 aromatic carbocycles. The summed E-state index contributed by atoms with van der Waals surface area (Å²) in [7, 11) is 1.64. The first-order valence-electron chi connectivity index (χ1n) is 8.65. The van der Waals surface area contributed by atoms with E-state index in [1.165, 1.54) is 0 Å². The Hall–Kier alpha value is -3.08. The van der Waals surface area contributed by atoms with Crippen LogP contribution in [0.3, 0.4) is 0 Å². The topological polar surface area (TPSA) is 56.1 Å². The molecule has 3 rings (SSSR count). The molecular formula is C21H23N3O2. The summed E-state index contributed by atoms with van der Waals surface area (Å²) >= 11 is 0. The normalized spacial score (nSPS) is 13.0. The van der Waals surface area contributed by atoms with E-state index >= 15 is 0 Å². The molecule has 2 atom stereocenters. The lowest BCUT2D eigenvalue weighted by molar-refractivity contribution is -0.122. The molecule has 2 unspecified atom stereocenters. The smallest absolute Gasteiger partial charge is 0.222 e. The number of aromatic nitrogens is 2. The molecule has 26 heavy (non-hydrogen) atoms. The van der Waals surface area contributed by atoms with Gasteiger partial charge in [-0.3, -0.25) is 9.48 Å². The molecule has 3 aromatic rings. The standard InChI is InChI=1S/C21H23N3O2/c1-16(24-14-8-13-22-24)15-20(25)23-21(17-9-4-3-5-10-17)18-11-6-7-12-19(18)26-2/h3-14,16,21H,15H2,1-2H3,(H,23,25). The minimum absolute atomic E-state index is 0.0147. The fourth-order valence-corrected chi connectivity index (χ4v) is 3.01. The third-order valence-electron chi connectivity index (χ3n) is 4.35. The summed E-state index contributed by atoms with van der Waals surface area (Å²) in [6, 6.07) is 19.2. The van der Waals surface area contributed by atoms with Gasteiger partial charge in [-0.15, -0.1) is 0 Å². The van der Waals surface area contributed by atoms with Crippen LogP contribution >= 0.6 is 0 Å². The van der Waals surface area contributed by atoms with Gasteiger partial charge in [0.15, 0.2) is 0 Å². The molecule has 1 heterocycles. The molecule has 0 spiro atoms. The highest BCUT2D eigenvalue weighted by molar-refractivity contribution is 5.77. The van der Waals surface area contributed by atoms with Crippen LogP contribution in [0.4, 0.5) is 0 Å². The van der Waals surface area contributed by atoms with Gasteiger partial charge in [0.2, 0.25) is 5.91 Å². The van der Waals surface area contributed by atoms with Crippen LogP contribution in [0.15, 0.2) is 73.1 Å². The monoisotopic (exact) mass is 349 g/mol. The Bertz CT molecular complexity index is 831. The maximum absolute atomic E-state index is 12.7. The molecule has 5 heteroatoms. The van der Waals surface area contributed by atoms with Crippen LogP contribution < -0.4 is 10.1 Å². The highest BCUT2D eigenvalue weighted by Crippen LogP contribution is 2.30. The minimum Gasteiger partial charge on any atom is -0.496 e. The lowest BCUT2D eigenvalue weighted by Crippen LogP contribution is -2.31. The van der Waals surface area contributed by atoms with E-state index < -0.39 is 0 Å².